The Morgan fingerprint density at radius 1 is 0.643 bits per heavy atom. The van der Waals surface area contributed by atoms with Gasteiger partial charge in [-0.25, -0.2) is 0 Å². The zero-order chi connectivity index (χ0) is 31.7. The van der Waals surface area contributed by atoms with Gasteiger partial charge in [0, 0.05) is 25.4 Å². The lowest BCUT2D eigenvalue weighted by molar-refractivity contribution is -0.254. The highest BCUT2D eigenvalue weighted by atomic mass is 33.1. The fourth-order valence-corrected chi connectivity index (χ4v) is 6.45. The smallest absolute Gasteiger partial charge is 0.243 e. The zero-order valence-corrected chi connectivity index (χ0v) is 24.2. The van der Waals surface area contributed by atoms with Crippen molar-refractivity contribution in [2.75, 3.05) is 24.7 Å². The molecule has 12 N–H and O–H groups in total. The van der Waals surface area contributed by atoms with Gasteiger partial charge >= 0.3 is 0 Å². The van der Waals surface area contributed by atoms with Gasteiger partial charge in [0.2, 0.25) is 23.6 Å². The molecule has 2 saturated heterocycles. The molecular weight excluding hydrogens is 608 g/mol. The SMILES string of the molecule is CC(=O)N[C@@H](CSSC[C@H](NC(C)=O)C(=O)N[C@H]1C(O)O[C@H](CO)[C@@H](O)[C@@H]1O)C(=O)N[C@H]1C(O)O[C@H](CO)[C@@H](O)[C@@H]1O. The van der Waals surface area contributed by atoms with Crippen LogP contribution in [0.2, 0.25) is 0 Å². The van der Waals surface area contributed by atoms with Crippen molar-refractivity contribution in [3.05, 3.63) is 0 Å². The molecule has 0 aromatic carbocycles. The number of hydrogen-bond donors (Lipinski definition) is 12. The Bertz CT molecular complexity index is 866. The van der Waals surface area contributed by atoms with Gasteiger partial charge in [0.05, 0.1) is 13.2 Å². The number of aliphatic hydroxyl groups excluding tert-OH is 8. The summed E-state index contributed by atoms with van der Waals surface area (Å²) >= 11 is 0. The van der Waals surface area contributed by atoms with E-state index >= 15 is 0 Å². The summed E-state index contributed by atoms with van der Waals surface area (Å²) in [6, 6.07) is -5.41. The third-order valence-electron chi connectivity index (χ3n) is 6.36. The summed E-state index contributed by atoms with van der Waals surface area (Å²) in [5.74, 6) is -3.08. The molecule has 2 aliphatic rings. The van der Waals surface area contributed by atoms with E-state index in [1.165, 1.54) is 0 Å². The van der Waals surface area contributed by atoms with Crippen molar-refractivity contribution in [1.29, 1.82) is 0 Å². The summed E-state index contributed by atoms with van der Waals surface area (Å²) < 4.78 is 10.0. The number of hydrogen-bond acceptors (Lipinski definition) is 16. The van der Waals surface area contributed by atoms with Gasteiger partial charge in [-0.1, -0.05) is 21.6 Å². The van der Waals surface area contributed by atoms with Crippen LogP contribution in [0, 0.1) is 0 Å². The van der Waals surface area contributed by atoms with E-state index in [2.05, 4.69) is 21.3 Å². The molecule has 0 bridgehead atoms. The minimum Gasteiger partial charge on any atom is -0.394 e. The summed E-state index contributed by atoms with van der Waals surface area (Å²) in [7, 11) is 2.01. The van der Waals surface area contributed by atoms with Gasteiger partial charge in [-0.2, -0.15) is 0 Å². The number of carbonyl (C=O) groups excluding carboxylic acids is 4. The van der Waals surface area contributed by atoms with Gasteiger partial charge in [0.25, 0.3) is 0 Å². The van der Waals surface area contributed by atoms with Gasteiger partial charge in [-0.15, -0.1) is 0 Å². The number of aliphatic hydroxyl groups is 8. The Balaban J connectivity index is 1.98. The van der Waals surface area contributed by atoms with Crippen molar-refractivity contribution in [1.82, 2.24) is 21.3 Å². The van der Waals surface area contributed by atoms with E-state index in [1.54, 1.807) is 0 Å². The van der Waals surface area contributed by atoms with Crippen molar-refractivity contribution in [3.63, 3.8) is 0 Å². The first kappa shape index (κ1) is 36.4. The third-order valence-corrected chi connectivity index (χ3v) is 8.78. The Kier molecular flexibility index (Phi) is 14.6. The average molecular weight is 647 g/mol. The summed E-state index contributed by atoms with van der Waals surface area (Å²) in [6.07, 6.45) is -12.8. The number of carbonyl (C=O) groups is 4. The van der Waals surface area contributed by atoms with Crippen LogP contribution in [-0.2, 0) is 28.7 Å². The van der Waals surface area contributed by atoms with E-state index in [0.29, 0.717) is 0 Å². The fraction of sp³-hybridized carbons (Fsp3) is 0.818. The summed E-state index contributed by atoms with van der Waals surface area (Å²) in [4.78, 5) is 49.1. The van der Waals surface area contributed by atoms with E-state index in [0.717, 1.165) is 35.4 Å². The van der Waals surface area contributed by atoms with Crippen LogP contribution in [-0.4, -0.2) is 163 Å². The number of amides is 4. The minimum atomic E-state index is -1.77. The van der Waals surface area contributed by atoms with Crippen LogP contribution in [0.4, 0.5) is 0 Å². The molecule has 42 heavy (non-hydrogen) atoms. The molecule has 0 aliphatic carbocycles. The molecule has 20 heteroatoms. The maximum absolute atomic E-state index is 12.9. The largest absolute Gasteiger partial charge is 0.394 e. The van der Waals surface area contributed by atoms with Crippen molar-refractivity contribution in [2.24, 2.45) is 0 Å². The first-order valence-corrected chi connectivity index (χ1v) is 15.2. The average Bonchev–Trinajstić information content (AvgIpc) is 2.93. The molecular formula is C22H38N4O14S2. The van der Waals surface area contributed by atoms with E-state index in [-0.39, 0.29) is 11.5 Å². The van der Waals surface area contributed by atoms with Crippen LogP contribution in [0.3, 0.4) is 0 Å². The molecule has 0 aromatic heterocycles. The predicted molar refractivity (Wildman–Crippen MR) is 144 cm³/mol. The molecule has 0 radical (unpaired) electrons. The van der Waals surface area contributed by atoms with Crippen LogP contribution in [0.25, 0.3) is 0 Å². The van der Waals surface area contributed by atoms with Gasteiger partial charge < -0.3 is 71.6 Å². The molecule has 2 heterocycles. The third kappa shape index (κ3) is 9.86. The Morgan fingerprint density at radius 3 is 1.26 bits per heavy atom. The molecule has 4 amide bonds. The standard InChI is InChI=1S/C22H38N4O14S2/c1-7(29)23-9(19(35)25-13-17(33)15(31)11(3-27)39-21(13)37)5-41-42-6-10(24-8(2)30)20(36)26-14-18(34)16(32)12(4-28)40-22(14)38/h9-18,21-22,27-28,31-34,37-38H,3-6H2,1-2H3,(H,23,29)(H,24,30)(H,25,35)(H,26,36)/t9-,10-,11+,12+,13+,14+,15+,16+,17+,18+,21?,22?/m0/s1. The number of rotatable bonds is 13. The number of ether oxygens (including phenoxy) is 2. The molecule has 242 valence electrons. The molecule has 0 saturated carbocycles. The van der Waals surface area contributed by atoms with Crippen LogP contribution >= 0.6 is 21.6 Å². The second-order valence-electron chi connectivity index (χ2n) is 9.60. The van der Waals surface area contributed by atoms with Crippen LogP contribution < -0.4 is 21.3 Å². The van der Waals surface area contributed by atoms with Crippen molar-refractivity contribution in [2.45, 2.75) is 87.2 Å². The lowest BCUT2D eigenvalue weighted by Crippen LogP contribution is -2.66. The predicted octanol–water partition coefficient (Wildman–Crippen LogP) is -6.79. The Morgan fingerprint density at radius 2 is 0.976 bits per heavy atom. The van der Waals surface area contributed by atoms with Crippen LogP contribution in [0.1, 0.15) is 13.8 Å². The van der Waals surface area contributed by atoms with Crippen LogP contribution in [0.5, 0.6) is 0 Å². The minimum absolute atomic E-state index is 0.102. The lowest BCUT2D eigenvalue weighted by atomic mass is 9.97. The molecule has 2 unspecified atom stereocenters. The maximum Gasteiger partial charge on any atom is 0.243 e. The van der Waals surface area contributed by atoms with Gasteiger partial charge in [0.15, 0.2) is 12.6 Å². The monoisotopic (exact) mass is 646 g/mol. The molecule has 18 nitrogen and oxygen atoms in total. The first-order valence-electron chi connectivity index (χ1n) is 12.7. The second kappa shape index (κ2) is 16.9. The lowest BCUT2D eigenvalue weighted by Gasteiger charge is -2.40. The molecule has 0 aromatic rings. The highest BCUT2D eigenvalue weighted by Gasteiger charge is 2.46. The number of nitrogens with one attached hydrogen (secondary N) is 4. The molecule has 12 atom stereocenters. The second-order valence-corrected chi connectivity index (χ2v) is 12.2. The van der Waals surface area contributed by atoms with Crippen molar-refractivity contribution < 1.29 is 69.5 Å². The van der Waals surface area contributed by atoms with E-state index < -0.39 is 110 Å². The van der Waals surface area contributed by atoms with E-state index in [4.69, 9.17) is 9.47 Å². The molecule has 2 rings (SSSR count). The van der Waals surface area contributed by atoms with Gasteiger partial charge in [-0.3, -0.25) is 19.2 Å². The normalized spacial score (nSPS) is 34.5. The molecule has 0 spiro atoms. The maximum atomic E-state index is 12.9. The quantitative estimate of drug-likeness (QED) is 0.0654. The highest BCUT2D eigenvalue weighted by Crippen LogP contribution is 2.25. The Hall–Kier alpha value is -1.82. The van der Waals surface area contributed by atoms with Crippen LogP contribution in [0.15, 0.2) is 0 Å². The highest BCUT2D eigenvalue weighted by molar-refractivity contribution is 8.76. The first-order chi connectivity index (χ1) is 19.7. The molecule has 2 fully saturated rings. The molecule has 2 aliphatic heterocycles. The topological polar surface area (TPSA) is 297 Å². The van der Waals surface area contributed by atoms with Crippen molar-refractivity contribution in [3.8, 4) is 0 Å². The Labute approximate surface area is 247 Å². The van der Waals surface area contributed by atoms with Gasteiger partial charge in [0.1, 0.15) is 60.8 Å². The van der Waals surface area contributed by atoms with Gasteiger partial charge in [-0.05, 0) is 0 Å². The van der Waals surface area contributed by atoms with E-state index in [1.807, 2.05) is 0 Å². The fourth-order valence-electron chi connectivity index (χ4n) is 4.12. The summed E-state index contributed by atoms with van der Waals surface area (Å²) in [5, 5.41) is 88.6. The summed E-state index contributed by atoms with van der Waals surface area (Å²) in [5.41, 5.74) is 0. The van der Waals surface area contributed by atoms with Crippen molar-refractivity contribution >= 4 is 45.2 Å². The van der Waals surface area contributed by atoms with E-state index in [9.17, 15) is 60.0 Å². The summed E-state index contributed by atoms with van der Waals surface area (Å²) in [6.45, 7) is 0.903. The zero-order valence-electron chi connectivity index (χ0n) is 22.6.